The molecule has 0 radical (unpaired) electrons. The summed E-state index contributed by atoms with van der Waals surface area (Å²) in [6.45, 7) is 1.93. The molecule has 4 rings (SSSR count). The van der Waals surface area contributed by atoms with Gasteiger partial charge in [-0.1, -0.05) is 18.2 Å². The van der Waals surface area contributed by atoms with Crippen molar-refractivity contribution in [2.24, 2.45) is 0 Å². The van der Waals surface area contributed by atoms with E-state index in [1.165, 1.54) is 0 Å². The van der Waals surface area contributed by atoms with E-state index >= 15 is 0 Å². The number of pyridine rings is 1. The van der Waals surface area contributed by atoms with Crippen LogP contribution in [0.3, 0.4) is 0 Å². The van der Waals surface area contributed by atoms with E-state index in [0.29, 0.717) is 11.2 Å². The first-order valence-corrected chi connectivity index (χ1v) is 9.63. The highest BCUT2D eigenvalue weighted by Crippen LogP contribution is 2.25. The van der Waals surface area contributed by atoms with Gasteiger partial charge in [0.1, 0.15) is 4.90 Å². The molecule has 5 nitrogen and oxygen atoms in total. The van der Waals surface area contributed by atoms with Crippen molar-refractivity contribution in [3.63, 3.8) is 0 Å². The number of para-hydroxylation sites is 1. The van der Waals surface area contributed by atoms with Crippen LogP contribution in [-0.4, -0.2) is 18.0 Å². The standard InChI is InChI=1S/C20H17N3O2S/c1-15-12-16-6-4-9-19(20(16)21-14-15)26(24,25)22-17-7-5-8-18(13-17)23-10-2-3-11-23/h2-14,22H,1H3. The van der Waals surface area contributed by atoms with Crippen LogP contribution in [0.15, 0.2) is 84.1 Å². The summed E-state index contributed by atoms with van der Waals surface area (Å²) in [7, 11) is -3.76. The van der Waals surface area contributed by atoms with Gasteiger partial charge in [0.15, 0.2) is 0 Å². The molecule has 1 N–H and O–H groups in total. The van der Waals surface area contributed by atoms with Crippen LogP contribution >= 0.6 is 0 Å². The van der Waals surface area contributed by atoms with Crippen LogP contribution in [0, 0.1) is 6.92 Å². The summed E-state index contributed by atoms with van der Waals surface area (Å²) in [6.07, 6.45) is 5.49. The lowest BCUT2D eigenvalue weighted by molar-refractivity contribution is 0.602. The van der Waals surface area contributed by atoms with Gasteiger partial charge in [-0.25, -0.2) is 8.42 Å². The second-order valence-electron chi connectivity index (χ2n) is 6.09. The average Bonchev–Trinajstić information content (AvgIpc) is 3.15. The minimum absolute atomic E-state index is 0.168. The van der Waals surface area contributed by atoms with Gasteiger partial charge >= 0.3 is 0 Å². The molecule has 0 saturated heterocycles. The zero-order valence-electron chi connectivity index (χ0n) is 14.1. The maximum Gasteiger partial charge on any atom is 0.264 e. The third-order valence-electron chi connectivity index (χ3n) is 4.10. The molecule has 26 heavy (non-hydrogen) atoms. The number of nitrogens with zero attached hydrogens (tertiary/aromatic N) is 2. The first kappa shape index (κ1) is 16.4. The normalized spacial score (nSPS) is 11.6. The SMILES string of the molecule is Cc1cnc2c(S(=O)(=O)Nc3cccc(-n4cccc4)c3)cccc2c1. The highest BCUT2D eigenvalue weighted by atomic mass is 32.2. The molecule has 0 bridgehead atoms. The van der Waals surface area contributed by atoms with Gasteiger partial charge in [0.05, 0.1) is 11.2 Å². The Morgan fingerprint density at radius 3 is 2.54 bits per heavy atom. The van der Waals surface area contributed by atoms with Crippen LogP contribution < -0.4 is 4.72 Å². The number of aromatic nitrogens is 2. The van der Waals surface area contributed by atoms with Crippen LogP contribution in [0.25, 0.3) is 16.6 Å². The summed E-state index contributed by atoms with van der Waals surface area (Å²) in [6, 6.07) is 18.2. The van der Waals surface area contributed by atoms with Crippen LogP contribution in [0.4, 0.5) is 5.69 Å². The van der Waals surface area contributed by atoms with Crippen molar-refractivity contribution in [1.29, 1.82) is 0 Å². The Morgan fingerprint density at radius 1 is 0.962 bits per heavy atom. The van der Waals surface area contributed by atoms with Gasteiger partial charge < -0.3 is 4.57 Å². The number of hydrogen-bond donors (Lipinski definition) is 1. The zero-order chi connectivity index (χ0) is 18.1. The van der Waals surface area contributed by atoms with Gasteiger partial charge in [0.25, 0.3) is 10.0 Å². The lowest BCUT2D eigenvalue weighted by Gasteiger charge is -2.12. The van der Waals surface area contributed by atoms with E-state index in [9.17, 15) is 8.42 Å². The topological polar surface area (TPSA) is 64.0 Å². The Balaban J connectivity index is 1.74. The smallest absolute Gasteiger partial charge is 0.264 e. The Hall–Kier alpha value is -3.12. The molecule has 0 aliphatic heterocycles. The summed E-state index contributed by atoms with van der Waals surface area (Å²) >= 11 is 0. The predicted molar refractivity (Wildman–Crippen MR) is 103 cm³/mol. The van der Waals surface area contributed by atoms with E-state index in [2.05, 4.69) is 9.71 Å². The quantitative estimate of drug-likeness (QED) is 0.593. The number of anilines is 1. The second-order valence-corrected chi connectivity index (χ2v) is 7.74. The monoisotopic (exact) mass is 363 g/mol. The predicted octanol–water partition coefficient (Wildman–Crippen LogP) is 4.13. The van der Waals surface area contributed by atoms with Crippen molar-refractivity contribution in [3.8, 4) is 5.69 Å². The Kier molecular flexibility index (Phi) is 3.97. The summed E-state index contributed by atoms with van der Waals surface area (Å²) in [5.41, 5.74) is 2.83. The second kappa shape index (κ2) is 6.31. The van der Waals surface area contributed by atoms with Crippen LogP contribution in [0.1, 0.15) is 5.56 Å². The molecule has 6 heteroatoms. The van der Waals surface area contributed by atoms with E-state index in [1.54, 1.807) is 30.5 Å². The molecule has 130 valence electrons. The number of sulfonamides is 1. The molecule has 0 spiro atoms. The van der Waals surface area contributed by atoms with E-state index in [4.69, 9.17) is 0 Å². The fourth-order valence-electron chi connectivity index (χ4n) is 2.91. The van der Waals surface area contributed by atoms with Gasteiger partial charge in [0, 0.05) is 29.7 Å². The molecule has 2 heterocycles. The number of aryl methyl sites for hydroxylation is 1. The maximum atomic E-state index is 12.9. The summed E-state index contributed by atoms with van der Waals surface area (Å²) < 4.78 is 30.5. The Morgan fingerprint density at radius 2 is 1.73 bits per heavy atom. The van der Waals surface area contributed by atoms with Gasteiger partial charge in [0.2, 0.25) is 0 Å². The first-order valence-electron chi connectivity index (χ1n) is 8.14. The average molecular weight is 363 g/mol. The molecule has 2 aromatic carbocycles. The van der Waals surface area contributed by atoms with E-state index in [0.717, 1.165) is 16.6 Å². The van der Waals surface area contributed by atoms with Crippen molar-refractivity contribution >= 4 is 26.6 Å². The van der Waals surface area contributed by atoms with Crippen molar-refractivity contribution in [2.75, 3.05) is 4.72 Å². The molecule has 4 aromatic rings. The number of benzene rings is 2. The fourth-order valence-corrected chi connectivity index (χ4v) is 4.14. The highest BCUT2D eigenvalue weighted by molar-refractivity contribution is 7.93. The van der Waals surface area contributed by atoms with Gasteiger partial charge in [-0.05, 0) is 55.0 Å². The fraction of sp³-hybridized carbons (Fsp3) is 0.0500. The van der Waals surface area contributed by atoms with Crippen molar-refractivity contribution in [1.82, 2.24) is 9.55 Å². The molecule has 0 unspecified atom stereocenters. The molecule has 0 saturated carbocycles. The molecule has 0 aliphatic carbocycles. The number of fused-ring (bicyclic) bond motifs is 1. The van der Waals surface area contributed by atoms with Crippen molar-refractivity contribution < 1.29 is 8.42 Å². The maximum absolute atomic E-state index is 12.9. The molecule has 0 aliphatic rings. The van der Waals surface area contributed by atoms with Gasteiger partial charge in [-0.15, -0.1) is 0 Å². The van der Waals surface area contributed by atoms with E-state index < -0.39 is 10.0 Å². The minimum Gasteiger partial charge on any atom is -0.324 e. The van der Waals surface area contributed by atoms with Crippen molar-refractivity contribution in [3.05, 3.63) is 84.8 Å². The van der Waals surface area contributed by atoms with E-state index in [-0.39, 0.29) is 4.90 Å². The third-order valence-corrected chi connectivity index (χ3v) is 5.51. The minimum atomic E-state index is -3.76. The number of nitrogens with one attached hydrogen (secondary N) is 1. The summed E-state index contributed by atoms with van der Waals surface area (Å²) in [5, 5.41) is 0.800. The third kappa shape index (κ3) is 3.07. The molecule has 0 atom stereocenters. The number of rotatable bonds is 4. The van der Waals surface area contributed by atoms with Crippen LogP contribution in [0.2, 0.25) is 0 Å². The van der Waals surface area contributed by atoms with Crippen molar-refractivity contribution in [2.45, 2.75) is 11.8 Å². The van der Waals surface area contributed by atoms with Crippen LogP contribution in [-0.2, 0) is 10.0 Å². The molecule has 2 aromatic heterocycles. The lowest BCUT2D eigenvalue weighted by Crippen LogP contribution is -2.14. The number of hydrogen-bond acceptors (Lipinski definition) is 3. The van der Waals surface area contributed by atoms with Gasteiger partial charge in [-0.3, -0.25) is 9.71 Å². The highest BCUT2D eigenvalue weighted by Gasteiger charge is 2.18. The zero-order valence-corrected chi connectivity index (χ0v) is 14.9. The molecular weight excluding hydrogens is 346 g/mol. The lowest BCUT2D eigenvalue weighted by atomic mass is 10.2. The molecule has 0 fully saturated rings. The Labute approximate surface area is 152 Å². The first-order chi connectivity index (χ1) is 12.5. The molecule has 0 amide bonds. The largest absolute Gasteiger partial charge is 0.324 e. The molecular formula is C20H17N3O2S. The Bertz CT molecular complexity index is 1180. The van der Waals surface area contributed by atoms with E-state index in [1.807, 2.05) is 60.3 Å². The summed E-state index contributed by atoms with van der Waals surface area (Å²) in [5.74, 6) is 0. The summed E-state index contributed by atoms with van der Waals surface area (Å²) in [4.78, 5) is 4.49. The van der Waals surface area contributed by atoms with Gasteiger partial charge in [-0.2, -0.15) is 0 Å². The van der Waals surface area contributed by atoms with Crippen LogP contribution in [0.5, 0.6) is 0 Å².